The van der Waals surface area contributed by atoms with Crippen molar-refractivity contribution in [1.82, 2.24) is 4.90 Å². The van der Waals surface area contributed by atoms with Crippen LogP contribution in [0.5, 0.6) is 0 Å². The van der Waals surface area contributed by atoms with Gasteiger partial charge in [-0.05, 0) is 31.7 Å². The standard InChI is InChI=1S/C12H20F3NO2/c1-8(2)5-6-16(9-3-4-9)7-10(11(17)18)12(13,14)15/h8-10H,3-7H2,1-2H3,(H,17,18). The summed E-state index contributed by atoms with van der Waals surface area (Å²) in [5, 5.41) is 8.69. The van der Waals surface area contributed by atoms with Gasteiger partial charge in [-0.25, -0.2) is 0 Å². The van der Waals surface area contributed by atoms with Crippen molar-refractivity contribution in [2.24, 2.45) is 11.8 Å². The first-order valence-electron chi connectivity index (χ1n) is 6.25. The molecular weight excluding hydrogens is 247 g/mol. The van der Waals surface area contributed by atoms with Crippen LogP contribution >= 0.6 is 0 Å². The number of aliphatic carboxylic acids is 1. The molecule has 0 aliphatic heterocycles. The van der Waals surface area contributed by atoms with Crippen molar-refractivity contribution in [3.8, 4) is 0 Å². The second-order valence-electron chi connectivity index (χ2n) is 5.34. The quantitative estimate of drug-likeness (QED) is 0.771. The first-order chi connectivity index (χ1) is 8.21. The maximum atomic E-state index is 12.6. The number of alkyl halides is 3. The molecule has 1 N–H and O–H groups in total. The average Bonchev–Trinajstić information content (AvgIpc) is 2.98. The van der Waals surface area contributed by atoms with Gasteiger partial charge in [0.1, 0.15) is 0 Å². The number of hydrogen-bond acceptors (Lipinski definition) is 2. The number of carbonyl (C=O) groups is 1. The lowest BCUT2D eigenvalue weighted by atomic mass is 10.1. The highest BCUT2D eigenvalue weighted by Crippen LogP contribution is 2.32. The van der Waals surface area contributed by atoms with E-state index in [1.165, 1.54) is 0 Å². The summed E-state index contributed by atoms with van der Waals surface area (Å²) in [6, 6.07) is 0.146. The largest absolute Gasteiger partial charge is 0.481 e. The molecule has 0 spiro atoms. The Morgan fingerprint density at radius 1 is 1.39 bits per heavy atom. The third kappa shape index (κ3) is 4.84. The molecule has 0 aromatic carbocycles. The van der Waals surface area contributed by atoms with E-state index in [0.29, 0.717) is 12.5 Å². The van der Waals surface area contributed by atoms with E-state index in [-0.39, 0.29) is 6.04 Å². The van der Waals surface area contributed by atoms with Crippen LogP contribution in [-0.4, -0.2) is 41.3 Å². The molecule has 0 aromatic heterocycles. The molecule has 106 valence electrons. The molecule has 3 nitrogen and oxygen atoms in total. The molecule has 1 fully saturated rings. The molecule has 0 heterocycles. The molecule has 1 saturated carbocycles. The van der Waals surface area contributed by atoms with Crippen molar-refractivity contribution >= 4 is 5.97 Å². The summed E-state index contributed by atoms with van der Waals surface area (Å²) in [5.41, 5.74) is 0. The zero-order chi connectivity index (χ0) is 13.9. The monoisotopic (exact) mass is 267 g/mol. The number of hydrogen-bond donors (Lipinski definition) is 1. The van der Waals surface area contributed by atoms with E-state index in [4.69, 9.17) is 5.11 Å². The lowest BCUT2D eigenvalue weighted by Crippen LogP contribution is -2.42. The summed E-state index contributed by atoms with van der Waals surface area (Å²) < 4.78 is 37.8. The number of rotatable bonds is 7. The van der Waals surface area contributed by atoms with Gasteiger partial charge in [0.05, 0.1) is 0 Å². The summed E-state index contributed by atoms with van der Waals surface area (Å²) in [5.74, 6) is -3.65. The highest BCUT2D eigenvalue weighted by atomic mass is 19.4. The Morgan fingerprint density at radius 3 is 2.28 bits per heavy atom. The van der Waals surface area contributed by atoms with E-state index in [0.717, 1.165) is 19.3 Å². The van der Waals surface area contributed by atoms with Crippen LogP contribution in [0.1, 0.15) is 33.1 Å². The van der Waals surface area contributed by atoms with Gasteiger partial charge in [0.15, 0.2) is 5.92 Å². The maximum absolute atomic E-state index is 12.6. The van der Waals surface area contributed by atoms with Crippen molar-refractivity contribution in [2.45, 2.75) is 45.3 Å². The fraction of sp³-hybridized carbons (Fsp3) is 0.917. The van der Waals surface area contributed by atoms with Gasteiger partial charge in [-0.2, -0.15) is 13.2 Å². The van der Waals surface area contributed by atoms with E-state index < -0.39 is 24.6 Å². The fourth-order valence-electron chi connectivity index (χ4n) is 1.84. The minimum absolute atomic E-state index is 0.146. The number of carboxylic acid groups (broad SMARTS) is 1. The second-order valence-corrected chi connectivity index (χ2v) is 5.34. The van der Waals surface area contributed by atoms with Crippen molar-refractivity contribution in [2.75, 3.05) is 13.1 Å². The molecule has 1 rings (SSSR count). The van der Waals surface area contributed by atoms with Crippen LogP contribution in [0.15, 0.2) is 0 Å². The number of carboxylic acids is 1. The van der Waals surface area contributed by atoms with Crippen LogP contribution in [0.3, 0.4) is 0 Å². The Morgan fingerprint density at radius 2 is 1.94 bits per heavy atom. The smallest absolute Gasteiger partial charge is 0.403 e. The second kappa shape index (κ2) is 5.91. The SMILES string of the molecule is CC(C)CCN(CC(C(=O)O)C(F)(F)F)C1CC1. The summed E-state index contributed by atoms with van der Waals surface area (Å²) in [6.07, 6.45) is -2.12. The van der Waals surface area contributed by atoms with E-state index >= 15 is 0 Å². The third-order valence-electron chi connectivity index (χ3n) is 3.17. The van der Waals surface area contributed by atoms with Crippen LogP contribution in [0.2, 0.25) is 0 Å². The molecule has 0 bridgehead atoms. The lowest BCUT2D eigenvalue weighted by Gasteiger charge is -2.27. The van der Waals surface area contributed by atoms with E-state index in [9.17, 15) is 18.0 Å². The molecule has 0 radical (unpaired) electrons. The summed E-state index contributed by atoms with van der Waals surface area (Å²) in [7, 11) is 0. The number of halogens is 3. The Labute approximate surface area is 105 Å². The predicted molar refractivity (Wildman–Crippen MR) is 61.2 cm³/mol. The highest BCUT2D eigenvalue weighted by molar-refractivity contribution is 5.71. The molecule has 1 aliphatic rings. The Balaban J connectivity index is 2.60. The first kappa shape index (κ1) is 15.3. The molecule has 0 aromatic rings. The zero-order valence-electron chi connectivity index (χ0n) is 10.7. The minimum atomic E-state index is -4.67. The number of nitrogens with zero attached hydrogens (tertiary/aromatic N) is 1. The van der Waals surface area contributed by atoms with Gasteiger partial charge < -0.3 is 5.11 Å². The van der Waals surface area contributed by atoms with Crippen LogP contribution in [0, 0.1) is 11.8 Å². The van der Waals surface area contributed by atoms with Crippen molar-refractivity contribution in [1.29, 1.82) is 0 Å². The topological polar surface area (TPSA) is 40.5 Å². The van der Waals surface area contributed by atoms with Gasteiger partial charge in [0, 0.05) is 12.6 Å². The van der Waals surface area contributed by atoms with Crippen LogP contribution in [0.4, 0.5) is 13.2 Å². The van der Waals surface area contributed by atoms with E-state index in [1.807, 2.05) is 13.8 Å². The molecule has 6 heteroatoms. The van der Waals surface area contributed by atoms with E-state index in [1.54, 1.807) is 4.90 Å². The van der Waals surface area contributed by atoms with Crippen molar-refractivity contribution < 1.29 is 23.1 Å². The van der Waals surface area contributed by atoms with Crippen LogP contribution < -0.4 is 0 Å². The highest BCUT2D eigenvalue weighted by Gasteiger charge is 2.47. The summed E-state index contributed by atoms with van der Waals surface area (Å²) >= 11 is 0. The van der Waals surface area contributed by atoms with Gasteiger partial charge in [-0.15, -0.1) is 0 Å². The van der Waals surface area contributed by atoms with Crippen LogP contribution in [-0.2, 0) is 4.79 Å². The molecule has 0 amide bonds. The van der Waals surface area contributed by atoms with Gasteiger partial charge in [0.2, 0.25) is 0 Å². The molecule has 1 unspecified atom stereocenters. The summed E-state index contributed by atoms with van der Waals surface area (Å²) in [4.78, 5) is 12.4. The van der Waals surface area contributed by atoms with Gasteiger partial charge in [-0.3, -0.25) is 9.69 Å². The molecular formula is C12H20F3NO2. The third-order valence-corrected chi connectivity index (χ3v) is 3.17. The first-order valence-corrected chi connectivity index (χ1v) is 6.25. The fourth-order valence-corrected chi connectivity index (χ4v) is 1.84. The predicted octanol–water partition coefficient (Wildman–Crippen LogP) is 2.76. The molecule has 1 aliphatic carbocycles. The van der Waals surface area contributed by atoms with Crippen LogP contribution in [0.25, 0.3) is 0 Å². The summed E-state index contributed by atoms with van der Waals surface area (Å²) in [6.45, 7) is 4.13. The Bertz CT molecular complexity index is 288. The normalized spacial score (nSPS) is 18.4. The minimum Gasteiger partial charge on any atom is -0.481 e. The Hall–Kier alpha value is -0.780. The maximum Gasteiger partial charge on any atom is 0.403 e. The van der Waals surface area contributed by atoms with E-state index in [2.05, 4.69) is 0 Å². The molecule has 0 saturated heterocycles. The van der Waals surface area contributed by atoms with Gasteiger partial charge in [0.25, 0.3) is 0 Å². The van der Waals surface area contributed by atoms with Gasteiger partial charge in [-0.1, -0.05) is 13.8 Å². The Kier molecular flexibility index (Phi) is 5.01. The van der Waals surface area contributed by atoms with Crippen molar-refractivity contribution in [3.63, 3.8) is 0 Å². The molecule has 18 heavy (non-hydrogen) atoms. The van der Waals surface area contributed by atoms with Gasteiger partial charge >= 0.3 is 12.1 Å². The zero-order valence-corrected chi connectivity index (χ0v) is 10.7. The van der Waals surface area contributed by atoms with Crippen molar-refractivity contribution in [3.05, 3.63) is 0 Å². The molecule has 1 atom stereocenters. The average molecular weight is 267 g/mol. The lowest BCUT2D eigenvalue weighted by molar-refractivity contribution is -0.196.